The fraction of sp³-hybridized carbons (Fsp3) is 0.0909. The molecule has 0 bridgehead atoms. The first-order chi connectivity index (χ1) is 22.1. The maximum absolute atomic E-state index is 13.4. The number of H-pyrrole nitrogens is 1. The molecule has 1 aromatic heterocycles. The Balaban J connectivity index is 1.35. The Bertz CT molecular complexity index is 2020. The smallest absolute Gasteiger partial charge is 0.343 e. The maximum Gasteiger partial charge on any atom is 0.343 e. The predicted molar refractivity (Wildman–Crippen MR) is 176 cm³/mol. The molecule has 0 aliphatic carbocycles. The highest BCUT2D eigenvalue weighted by Gasteiger charge is 2.23. The number of hydrazone groups is 1. The number of rotatable bonds is 9. The van der Waals surface area contributed by atoms with E-state index in [-0.39, 0.29) is 34.3 Å². The molecule has 13 heteroatoms. The van der Waals surface area contributed by atoms with Crippen LogP contribution in [0.15, 0.2) is 77.9 Å². The second-order valence-corrected chi connectivity index (χ2v) is 10.9. The van der Waals surface area contributed by atoms with Crippen molar-refractivity contribution in [3.05, 3.63) is 105 Å². The van der Waals surface area contributed by atoms with Gasteiger partial charge in [0.25, 0.3) is 5.91 Å². The molecule has 0 atom stereocenters. The van der Waals surface area contributed by atoms with Crippen LogP contribution in [0.25, 0.3) is 22.0 Å². The molecule has 10 nitrogen and oxygen atoms in total. The van der Waals surface area contributed by atoms with Crippen LogP contribution in [0.1, 0.15) is 33.3 Å². The summed E-state index contributed by atoms with van der Waals surface area (Å²) in [5, 5.41) is 5.86. The molecule has 0 spiro atoms. The number of carbonyl (C=O) groups excluding carboxylic acids is 3. The lowest BCUT2D eigenvalue weighted by atomic mass is 10.0. The molecule has 0 aliphatic heterocycles. The molecular formula is C33H24Cl3N3O7. The Labute approximate surface area is 277 Å². The Morgan fingerprint density at radius 3 is 2.22 bits per heavy atom. The number of nitrogens with zero attached hydrogens (tertiary/aromatic N) is 1. The predicted octanol–water partition coefficient (Wildman–Crippen LogP) is 7.72. The first-order valence-corrected chi connectivity index (χ1v) is 14.6. The standard InChI is InChI=1S/C33H24Cl3N3O7/c1-17(40)45-25-11-9-19(13-28(25)44-3)33(42)46-26-10-8-18(12-27(26)43-2)16-37-39-32(41)31-29(21-6-4-5-7-22(21)35)30-23(36)14-20(34)15-24(30)38-31/h4-16,38H,1-3H3,(H,39,41). The van der Waals surface area contributed by atoms with Gasteiger partial charge in [0.2, 0.25) is 0 Å². The SMILES string of the molecule is COc1cc(C(=O)Oc2ccc(C=NNC(=O)c3[nH]c4cc(Cl)cc(Cl)c4c3-c3ccccc3Cl)cc2OC)ccc1OC(C)=O. The van der Waals surface area contributed by atoms with E-state index in [1.807, 2.05) is 0 Å². The van der Waals surface area contributed by atoms with Crippen molar-refractivity contribution in [1.29, 1.82) is 0 Å². The number of hydrogen-bond donors (Lipinski definition) is 2. The second kappa shape index (κ2) is 13.9. The third-order valence-corrected chi connectivity index (χ3v) is 7.45. The summed E-state index contributed by atoms with van der Waals surface area (Å²) in [5.41, 5.74) is 5.03. The fourth-order valence-electron chi connectivity index (χ4n) is 4.61. The number of methoxy groups -OCH3 is 2. The van der Waals surface area contributed by atoms with Crippen LogP contribution in [-0.4, -0.2) is 43.3 Å². The molecule has 0 radical (unpaired) electrons. The van der Waals surface area contributed by atoms with Gasteiger partial charge < -0.3 is 23.9 Å². The molecule has 0 unspecified atom stereocenters. The van der Waals surface area contributed by atoms with Crippen molar-refractivity contribution in [3.63, 3.8) is 0 Å². The highest BCUT2D eigenvalue weighted by molar-refractivity contribution is 6.41. The lowest BCUT2D eigenvalue weighted by Crippen LogP contribution is -2.19. The van der Waals surface area contributed by atoms with Crippen molar-refractivity contribution in [3.8, 4) is 34.1 Å². The summed E-state index contributed by atoms with van der Waals surface area (Å²) >= 11 is 19.2. The number of halogens is 3. The van der Waals surface area contributed by atoms with Crippen molar-refractivity contribution in [2.75, 3.05) is 14.2 Å². The van der Waals surface area contributed by atoms with E-state index in [0.717, 1.165) is 0 Å². The van der Waals surface area contributed by atoms with E-state index >= 15 is 0 Å². The van der Waals surface area contributed by atoms with Gasteiger partial charge in [-0.25, -0.2) is 10.2 Å². The van der Waals surface area contributed by atoms with Gasteiger partial charge in [0.05, 0.1) is 31.0 Å². The molecule has 5 rings (SSSR count). The van der Waals surface area contributed by atoms with Crippen molar-refractivity contribution < 1.29 is 33.3 Å². The average Bonchev–Trinajstić information content (AvgIpc) is 3.41. The number of amides is 1. The molecule has 4 aromatic carbocycles. The molecule has 0 fully saturated rings. The summed E-state index contributed by atoms with van der Waals surface area (Å²) in [4.78, 5) is 40.6. The topological polar surface area (TPSA) is 128 Å². The minimum Gasteiger partial charge on any atom is -0.493 e. The van der Waals surface area contributed by atoms with Gasteiger partial charge in [-0.05, 0) is 60.2 Å². The largest absolute Gasteiger partial charge is 0.493 e. The van der Waals surface area contributed by atoms with Crippen molar-refractivity contribution in [2.45, 2.75) is 6.92 Å². The number of aromatic nitrogens is 1. The summed E-state index contributed by atoms with van der Waals surface area (Å²) in [7, 11) is 2.79. The quantitative estimate of drug-likeness (QED) is 0.0706. The van der Waals surface area contributed by atoms with E-state index in [0.29, 0.717) is 42.7 Å². The van der Waals surface area contributed by atoms with Crippen LogP contribution in [0, 0.1) is 0 Å². The average molecular weight is 681 g/mol. The number of aromatic amines is 1. The zero-order chi connectivity index (χ0) is 33.0. The van der Waals surface area contributed by atoms with Gasteiger partial charge in [-0.15, -0.1) is 0 Å². The van der Waals surface area contributed by atoms with Gasteiger partial charge in [0.1, 0.15) is 5.69 Å². The van der Waals surface area contributed by atoms with Crippen molar-refractivity contribution in [2.24, 2.45) is 5.10 Å². The number of hydrogen-bond acceptors (Lipinski definition) is 8. The molecular weight excluding hydrogens is 657 g/mol. The van der Waals surface area contributed by atoms with E-state index in [9.17, 15) is 14.4 Å². The number of carbonyl (C=O) groups is 3. The van der Waals surface area contributed by atoms with Gasteiger partial charge >= 0.3 is 11.9 Å². The van der Waals surface area contributed by atoms with Crippen LogP contribution in [0.2, 0.25) is 15.1 Å². The number of esters is 2. The lowest BCUT2D eigenvalue weighted by Gasteiger charge is -2.12. The van der Waals surface area contributed by atoms with E-state index in [2.05, 4.69) is 15.5 Å². The third-order valence-electron chi connectivity index (χ3n) is 6.61. The summed E-state index contributed by atoms with van der Waals surface area (Å²) in [6.07, 6.45) is 1.40. The van der Waals surface area contributed by atoms with Gasteiger partial charge in [-0.3, -0.25) is 9.59 Å². The molecule has 5 aromatic rings. The molecule has 46 heavy (non-hydrogen) atoms. The molecule has 0 saturated heterocycles. The monoisotopic (exact) mass is 679 g/mol. The summed E-state index contributed by atoms with van der Waals surface area (Å²) in [6, 6.07) is 19.3. The third kappa shape index (κ3) is 6.94. The summed E-state index contributed by atoms with van der Waals surface area (Å²) < 4.78 is 21.2. The van der Waals surface area contributed by atoms with E-state index in [1.54, 1.807) is 48.5 Å². The van der Waals surface area contributed by atoms with Gasteiger partial charge in [0, 0.05) is 39.0 Å². The van der Waals surface area contributed by atoms with Gasteiger partial charge in [-0.1, -0.05) is 53.0 Å². The van der Waals surface area contributed by atoms with Gasteiger partial charge in [0.15, 0.2) is 23.0 Å². The molecule has 0 aliphatic rings. The van der Waals surface area contributed by atoms with Gasteiger partial charge in [-0.2, -0.15) is 5.10 Å². The minimum atomic E-state index is -0.700. The first kappa shape index (κ1) is 32.4. The summed E-state index contributed by atoms with van der Waals surface area (Å²) in [5.74, 6) is -1.07. The Hall–Kier alpha value is -5.03. The highest BCUT2D eigenvalue weighted by Crippen LogP contribution is 2.41. The Kier molecular flexibility index (Phi) is 9.81. The number of ether oxygens (including phenoxy) is 4. The number of fused-ring (bicyclic) bond motifs is 1. The minimum absolute atomic E-state index is 0.134. The maximum atomic E-state index is 13.4. The molecule has 1 amide bonds. The molecule has 1 heterocycles. The van der Waals surface area contributed by atoms with Crippen LogP contribution in [-0.2, 0) is 4.79 Å². The van der Waals surface area contributed by atoms with Crippen molar-refractivity contribution in [1.82, 2.24) is 10.4 Å². The lowest BCUT2D eigenvalue weighted by molar-refractivity contribution is -0.132. The van der Waals surface area contributed by atoms with Crippen LogP contribution in [0.5, 0.6) is 23.0 Å². The van der Waals surface area contributed by atoms with Crippen molar-refractivity contribution >= 4 is 69.8 Å². The van der Waals surface area contributed by atoms with E-state index < -0.39 is 17.8 Å². The normalized spacial score (nSPS) is 11.0. The Morgan fingerprint density at radius 1 is 0.804 bits per heavy atom. The van der Waals surface area contributed by atoms with Crippen LogP contribution >= 0.6 is 34.8 Å². The molecule has 0 saturated carbocycles. The second-order valence-electron chi connectivity index (χ2n) is 9.62. The van der Waals surface area contributed by atoms with Crippen LogP contribution in [0.3, 0.4) is 0 Å². The Morgan fingerprint density at radius 2 is 1.50 bits per heavy atom. The van der Waals surface area contributed by atoms with E-state index in [4.69, 9.17) is 53.8 Å². The fourth-order valence-corrected chi connectivity index (χ4v) is 5.43. The molecule has 234 valence electrons. The summed E-state index contributed by atoms with van der Waals surface area (Å²) in [6.45, 7) is 1.25. The van der Waals surface area contributed by atoms with Crippen LogP contribution < -0.4 is 24.4 Å². The highest BCUT2D eigenvalue weighted by atomic mass is 35.5. The zero-order valence-corrected chi connectivity index (χ0v) is 26.7. The number of benzene rings is 4. The van der Waals surface area contributed by atoms with E-state index in [1.165, 1.54) is 51.6 Å². The zero-order valence-electron chi connectivity index (χ0n) is 24.4. The number of nitrogens with one attached hydrogen (secondary N) is 2. The molecule has 2 N–H and O–H groups in total. The van der Waals surface area contributed by atoms with Crippen LogP contribution in [0.4, 0.5) is 0 Å². The first-order valence-electron chi connectivity index (χ1n) is 13.4.